The largest absolute Gasteiger partial charge is 0.477 e. The lowest BCUT2D eigenvalue weighted by Crippen LogP contribution is -2.51. The van der Waals surface area contributed by atoms with Gasteiger partial charge in [0.2, 0.25) is 17.2 Å². The average molecular weight is 512 g/mol. The Balaban J connectivity index is 1.35. The predicted molar refractivity (Wildman–Crippen MR) is 130 cm³/mol. The van der Waals surface area contributed by atoms with Gasteiger partial charge in [-0.1, -0.05) is 11.8 Å². The van der Waals surface area contributed by atoms with E-state index in [0.717, 1.165) is 18.9 Å². The van der Waals surface area contributed by atoms with E-state index in [1.807, 2.05) is 6.07 Å². The Bertz CT molecular complexity index is 1420. The fraction of sp³-hybridized carbons (Fsp3) is 0.375. The van der Waals surface area contributed by atoms with Crippen molar-refractivity contribution in [3.05, 3.63) is 51.0 Å². The molecule has 3 heterocycles. The lowest BCUT2D eigenvalue weighted by Gasteiger charge is -2.37. The summed E-state index contributed by atoms with van der Waals surface area (Å²) in [6, 6.07) is 4.66. The lowest BCUT2D eigenvalue weighted by atomic mass is 10.1. The highest BCUT2D eigenvalue weighted by Crippen LogP contribution is 2.38. The number of rotatable bonds is 5. The number of piperazine rings is 1. The molecule has 186 valence electrons. The molecule has 1 N–H and O–H groups in total. The molecule has 1 aromatic carbocycles. The van der Waals surface area contributed by atoms with Gasteiger partial charge in [0.15, 0.2) is 0 Å². The molecule has 12 heteroatoms. The van der Waals surface area contributed by atoms with E-state index < -0.39 is 17.2 Å². The molecular weight excluding hydrogens is 489 g/mol. The van der Waals surface area contributed by atoms with Gasteiger partial charge in [0.05, 0.1) is 28.1 Å². The molecule has 5 rings (SSSR count). The van der Waals surface area contributed by atoms with E-state index in [1.165, 1.54) is 28.9 Å². The van der Waals surface area contributed by atoms with Crippen molar-refractivity contribution >= 4 is 46.1 Å². The second-order valence-corrected chi connectivity index (χ2v) is 9.88. The number of hydrogen-bond donors (Lipinski definition) is 1. The number of fused-ring (bicyclic) bond motifs is 1. The van der Waals surface area contributed by atoms with E-state index in [0.29, 0.717) is 36.7 Å². The number of aromatic carboxylic acids is 1. The van der Waals surface area contributed by atoms with Crippen LogP contribution in [0.15, 0.2) is 34.2 Å². The van der Waals surface area contributed by atoms with E-state index in [-0.39, 0.29) is 46.8 Å². The number of allylic oxidation sites excluding steroid dienone is 1. The third-order valence-electron chi connectivity index (χ3n) is 6.64. The smallest absolute Gasteiger partial charge is 0.341 e. The maximum Gasteiger partial charge on any atom is 0.341 e. The molecule has 0 unspecified atom stereocenters. The fourth-order valence-corrected chi connectivity index (χ4v) is 5.48. The molecule has 3 aliphatic rings. The van der Waals surface area contributed by atoms with Crippen LogP contribution in [0, 0.1) is 17.1 Å². The van der Waals surface area contributed by atoms with Crippen LogP contribution in [-0.2, 0) is 9.59 Å². The Morgan fingerprint density at radius 2 is 1.92 bits per heavy atom. The van der Waals surface area contributed by atoms with Gasteiger partial charge < -0.3 is 19.5 Å². The highest BCUT2D eigenvalue weighted by molar-refractivity contribution is 8.04. The fourth-order valence-electron chi connectivity index (χ4n) is 4.60. The zero-order chi connectivity index (χ0) is 25.6. The molecule has 36 heavy (non-hydrogen) atoms. The minimum absolute atomic E-state index is 0.0336. The molecule has 0 radical (unpaired) electrons. The van der Waals surface area contributed by atoms with Gasteiger partial charge in [-0.15, -0.1) is 0 Å². The summed E-state index contributed by atoms with van der Waals surface area (Å²) >= 11 is 1.22. The Kier molecular flexibility index (Phi) is 6.17. The second-order valence-electron chi connectivity index (χ2n) is 8.88. The highest BCUT2D eigenvalue weighted by atomic mass is 32.2. The lowest BCUT2D eigenvalue weighted by molar-refractivity contribution is -0.137. The van der Waals surface area contributed by atoms with Crippen molar-refractivity contribution in [1.29, 1.82) is 5.26 Å². The first-order chi connectivity index (χ1) is 17.3. The Morgan fingerprint density at radius 3 is 2.56 bits per heavy atom. The zero-order valence-corrected chi connectivity index (χ0v) is 20.0. The van der Waals surface area contributed by atoms with Crippen LogP contribution in [0.2, 0.25) is 0 Å². The topological polar surface area (TPSA) is 127 Å². The number of carboxylic acid groups (broad SMARTS) is 1. The van der Waals surface area contributed by atoms with Crippen LogP contribution >= 0.6 is 11.8 Å². The minimum Gasteiger partial charge on any atom is -0.477 e. The quantitative estimate of drug-likeness (QED) is 0.602. The first-order valence-electron chi connectivity index (χ1n) is 11.5. The number of carbonyl (C=O) groups is 3. The van der Waals surface area contributed by atoms with Crippen LogP contribution in [-0.4, -0.2) is 75.7 Å². The van der Waals surface area contributed by atoms with Crippen molar-refractivity contribution in [3.8, 4) is 6.07 Å². The number of benzene rings is 1. The van der Waals surface area contributed by atoms with Gasteiger partial charge in [0.25, 0.3) is 0 Å². The Morgan fingerprint density at radius 1 is 1.19 bits per heavy atom. The number of pyridine rings is 1. The summed E-state index contributed by atoms with van der Waals surface area (Å²) in [5, 5.41) is 18.8. The number of anilines is 1. The van der Waals surface area contributed by atoms with Gasteiger partial charge in [-0.2, -0.15) is 5.26 Å². The molecule has 2 saturated heterocycles. The summed E-state index contributed by atoms with van der Waals surface area (Å²) in [6.07, 6.45) is 4.31. The molecule has 2 aromatic rings. The van der Waals surface area contributed by atoms with E-state index in [2.05, 4.69) is 0 Å². The molecule has 0 bridgehead atoms. The van der Waals surface area contributed by atoms with Gasteiger partial charge >= 0.3 is 5.97 Å². The summed E-state index contributed by atoms with van der Waals surface area (Å²) in [7, 11) is 0. The molecule has 0 atom stereocenters. The maximum atomic E-state index is 15.2. The van der Waals surface area contributed by atoms with Crippen molar-refractivity contribution in [2.45, 2.75) is 18.9 Å². The minimum atomic E-state index is -1.34. The van der Waals surface area contributed by atoms with E-state index in [9.17, 15) is 24.3 Å². The number of halogens is 1. The molecule has 1 aliphatic carbocycles. The highest BCUT2D eigenvalue weighted by Gasteiger charge is 2.32. The number of carbonyl (C=O) groups excluding carboxylic acids is 2. The summed E-state index contributed by atoms with van der Waals surface area (Å²) in [5.74, 6) is -2.26. The maximum absolute atomic E-state index is 15.2. The average Bonchev–Trinajstić information content (AvgIpc) is 3.65. The predicted octanol–water partition coefficient (Wildman–Crippen LogP) is 1.76. The molecule has 2 aliphatic heterocycles. The first-order valence-corrected chi connectivity index (χ1v) is 12.4. The Labute approximate surface area is 209 Å². The van der Waals surface area contributed by atoms with Gasteiger partial charge in [-0.3, -0.25) is 19.3 Å². The van der Waals surface area contributed by atoms with Crippen molar-refractivity contribution in [2.75, 3.05) is 43.4 Å². The number of thioether (sulfide) groups is 1. The summed E-state index contributed by atoms with van der Waals surface area (Å²) in [5.41, 5.74) is -0.313. The molecule has 0 spiro atoms. The molecule has 1 saturated carbocycles. The van der Waals surface area contributed by atoms with Crippen LogP contribution < -0.4 is 10.3 Å². The van der Waals surface area contributed by atoms with Crippen molar-refractivity contribution in [2.24, 2.45) is 0 Å². The number of nitriles is 1. The zero-order valence-electron chi connectivity index (χ0n) is 19.1. The number of aromatic nitrogens is 1. The molecule has 3 fully saturated rings. The van der Waals surface area contributed by atoms with Crippen LogP contribution in [0.4, 0.5) is 10.1 Å². The van der Waals surface area contributed by atoms with Crippen molar-refractivity contribution < 1.29 is 23.9 Å². The standard InChI is InChI=1S/C24H22FN5O5S/c25-17-9-15-18(29(14-1-2-14)11-16(23(15)33)24(34)35)10-19(17)27-5-7-28(8-6-27)20(31)12-30-21(32)13-36-22(30)3-4-26/h3,9-11,14H,1-2,5-8,12-13H2,(H,34,35)/b22-3+. The summed E-state index contributed by atoms with van der Waals surface area (Å²) < 4.78 is 16.9. The van der Waals surface area contributed by atoms with Crippen LogP contribution in [0.25, 0.3) is 10.9 Å². The van der Waals surface area contributed by atoms with Crippen molar-refractivity contribution in [1.82, 2.24) is 14.4 Å². The second kappa shape index (κ2) is 9.31. The SMILES string of the molecule is N#C/C=C1/SCC(=O)N1CC(=O)N1CCN(c2cc3c(cc2F)c(=O)c(C(=O)O)cn3C2CC2)CC1. The molecule has 1 aromatic heterocycles. The van der Waals surface area contributed by atoms with Gasteiger partial charge in [-0.25, -0.2) is 9.18 Å². The molecular formula is C24H22FN5O5S. The van der Waals surface area contributed by atoms with E-state index in [4.69, 9.17) is 5.26 Å². The third-order valence-corrected chi connectivity index (χ3v) is 7.66. The van der Waals surface area contributed by atoms with E-state index in [1.54, 1.807) is 20.4 Å². The van der Waals surface area contributed by atoms with Gasteiger partial charge in [0, 0.05) is 49.9 Å². The van der Waals surface area contributed by atoms with Crippen LogP contribution in [0.1, 0.15) is 29.2 Å². The van der Waals surface area contributed by atoms with Crippen LogP contribution in [0.3, 0.4) is 0 Å². The monoisotopic (exact) mass is 511 g/mol. The number of carboxylic acids is 1. The van der Waals surface area contributed by atoms with Crippen molar-refractivity contribution in [3.63, 3.8) is 0 Å². The molecule has 10 nitrogen and oxygen atoms in total. The van der Waals surface area contributed by atoms with Crippen LogP contribution in [0.5, 0.6) is 0 Å². The summed E-state index contributed by atoms with van der Waals surface area (Å²) in [4.78, 5) is 53.9. The summed E-state index contributed by atoms with van der Waals surface area (Å²) in [6.45, 7) is 1.17. The number of hydrogen-bond acceptors (Lipinski definition) is 7. The van der Waals surface area contributed by atoms with Gasteiger partial charge in [-0.05, 0) is 25.0 Å². The number of nitrogens with zero attached hydrogens (tertiary/aromatic N) is 5. The third kappa shape index (κ3) is 4.30. The van der Waals surface area contributed by atoms with Gasteiger partial charge in [0.1, 0.15) is 17.9 Å². The van der Waals surface area contributed by atoms with E-state index >= 15 is 4.39 Å². The normalized spacial score (nSPS) is 19.3. The first kappa shape index (κ1) is 23.9. The molecule has 2 amide bonds. The number of amides is 2. The Hall–Kier alpha value is -3.85.